The Labute approximate surface area is 238 Å². The normalized spacial score (nSPS) is 17.4. The molecule has 10 heteroatoms. The summed E-state index contributed by atoms with van der Waals surface area (Å²) < 4.78 is 25.4. The molecular weight excluding hydrogens is 525 g/mol. The second-order valence-corrected chi connectivity index (χ2v) is 11.9. The zero-order chi connectivity index (χ0) is 29.5. The first kappa shape index (κ1) is 28.0. The van der Waals surface area contributed by atoms with E-state index in [9.17, 15) is 14.0 Å². The Hall–Kier alpha value is -4.52. The van der Waals surface area contributed by atoms with Crippen LogP contribution in [0.1, 0.15) is 56.2 Å². The van der Waals surface area contributed by atoms with Gasteiger partial charge in [-0.3, -0.25) is 14.7 Å². The number of aromatic amines is 1. The second-order valence-electron chi connectivity index (χ2n) is 11.9. The number of H-pyrrole nitrogens is 1. The van der Waals surface area contributed by atoms with Crippen LogP contribution in [0.2, 0.25) is 0 Å². The number of methoxy groups -OCH3 is 1. The number of hydrogen-bond acceptors (Lipinski definition) is 6. The van der Waals surface area contributed by atoms with Crippen LogP contribution in [-0.4, -0.2) is 58.7 Å². The van der Waals surface area contributed by atoms with E-state index in [1.807, 2.05) is 26.8 Å². The quantitative estimate of drug-likeness (QED) is 0.377. The Bertz CT molecular complexity index is 1580. The number of fused-ring (bicyclic) bond motifs is 1. The van der Waals surface area contributed by atoms with Gasteiger partial charge < -0.3 is 25.1 Å². The first-order valence-corrected chi connectivity index (χ1v) is 13.5. The van der Waals surface area contributed by atoms with Gasteiger partial charge in [-0.05, 0) is 39.0 Å². The third-order valence-electron chi connectivity index (χ3n) is 7.09. The van der Waals surface area contributed by atoms with Gasteiger partial charge in [-0.15, -0.1) is 0 Å². The van der Waals surface area contributed by atoms with E-state index in [1.165, 1.54) is 13.2 Å². The summed E-state index contributed by atoms with van der Waals surface area (Å²) in [6.07, 6.45) is 3.50. The molecule has 2 aliphatic heterocycles. The molecule has 2 aliphatic rings. The van der Waals surface area contributed by atoms with Crippen molar-refractivity contribution in [1.29, 1.82) is 0 Å². The van der Waals surface area contributed by atoms with Crippen molar-refractivity contribution < 1.29 is 23.5 Å². The molecule has 1 atom stereocenters. The minimum absolute atomic E-state index is 0.0359. The van der Waals surface area contributed by atoms with Gasteiger partial charge in [-0.1, -0.05) is 31.8 Å². The van der Waals surface area contributed by atoms with Crippen molar-refractivity contribution >= 4 is 23.4 Å². The first-order valence-electron chi connectivity index (χ1n) is 13.5. The highest BCUT2D eigenvalue weighted by Crippen LogP contribution is 2.41. The molecule has 2 aromatic heterocycles. The van der Waals surface area contributed by atoms with Crippen molar-refractivity contribution in [3.8, 4) is 28.8 Å². The number of para-hydroxylation sites is 1. The van der Waals surface area contributed by atoms with Crippen LogP contribution < -0.4 is 15.4 Å². The molecule has 0 bridgehead atoms. The number of ether oxygens (including phenoxy) is 2. The van der Waals surface area contributed by atoms with Gasteiger partial charge in [0.1, 0.15) is 11.6 Å². The van der Waals surface area contributed by atoms with Crippen LogP contribution in [-0.2, 0) is 11.2 Å². The molecule has 0 saturated carbocycles. The van der Waals surface area contributed by atoms with Gasteiger partial charge in [0.25, 0.3) is 5.91 Å². The lowest BCUT2D eigenvalue weighted by Gasteiger charge is -2.51. The number of nitrogens with zero attached hydrogens (tertiary/aromatic N) is 2. The number of carbonyl (C=O) groups is 2. The van der Waals surface area contributed by atoms with Gasteiger partial charge in [0, 0.05) is 48.6 Å². The minimum atomic E-state index is -0.613. The standard InChI is InChI=1S/C31H34FN5O4/c1-30(2,3)41-29(39)37-17-31(4,5)23(37)11-10-18-16-33-14-12-19(18)25-26(24-21(35-25)13-15-34-28(24)38)36-22-9-7-8-20(32)27(22)40-6/h7-9,12,14,16,23,35-36H,13,15,17H2,1-6H3,(H,34,38). The van der Waals surface area contributed by atoms with E-state index in [-0.39, 0.29) is 23.1 Å². The van der Waals surface area contributed by atoms with E-state index >= 15 is 0 Å². The maximum atomic E-state index is 14.5. The highest BCUT2D eigenvalue weighted by molar-refractivity contribution is 6.06. The number of anilines is 2. The Morgan fingerprint density at radius 2 is 2.05 bits per heavy atom. The van der Waals surface area contributed by atoms with E-state index in [2.05, 4.69) is 46.3 Å². The molecule has 214 valence electrons. The Balaban J connectivity index is 1.57. The summed E-state index contributed by atoms with van der Waals surface area (Å²) in [6.45, 7) is 10.6. The van der Waals surface area contributed by atoms with Gasteiger partial charge in [-0.2, -0.15) is 0 Å². The zero-order valence-electron chi connectivity index (χ0n) is 24.1. The Morgan fingerprint density at radius 3 is 2.76 bits per heavy atom. The third-order valence-corrected chi connectivity index (χ3v) is 7.09. The highest BCUT2D eigenvalue weighted by Gasteiger charge is 2.48. The maximum Gasteiger partial charge on any atom is 0.411 e. The fraction of sp³-hybridized carbons (Fsp3) is 0.387. The van der Waals surface area contributed by atoms with Crippen molar-refractivity contribution in [1.82, 2.24) is 20.2 Å². The molecular formula is C31H34FN5O4. The minimum Gasteiger partial charge on any atom is -0.492 e. The van der Waals surface area contributed by atoms with Crippen molar-refractivity contribution in [2.75, 3.05) is 25.5 Å². The lowest BCUT2D eigenvalue weighted by Crippen LogP contribution is -2.63. The molecule has 0 radical (unpaired) electrons. The SMILES string of the molecule is COc1c(F)cccc1Nc1c(-c2ccncc2C#CC2N(C(=O)OC(C)(C)C)CC2(C)C)[nH]c2c1C(=O)NCC2. The summed E-state index contributed by atoms with van der Waals surface area (Å²) in [4.78, 5) is 35.2. The number of pyridine rings is 1. The predicted molar refractivity (Wildman–Crippen MR) is 154 cm³/mol. The van der Waals surface area contributed by atoms with Crippen LogP contribution in [0.4, 0.5) is 20.6 Å². The molecule has 5 rings (SSSR count). The van der Waals surface area contributed by atoms with Crippen molar-refractivity contribution in [3.63, 3.8) is 0 Å². The van der Waals surface area contributed by atoms with Gasteiger partial charge in [0.15, 0.2) is 11.6 Å². The van der Waals surface area contributed by atoms with E-state index < -0.39 is 17.5 Å². The number of amides is 2. The third kappa shape index (κ3) is 5.44. The van der Waals surface area contributed by atoms with Gasteiger partial charge in [0.2, 0.25) is 0 Å². The fourth-order valence-electron chi connectivity index (χ4n) is 5.20. The average molecular weight is 560 g/mol. The molecule has 41 heavy (non-hydrogen) atoms. The monoisotopic (exact) mass is 559 g/mol. The number of carbonyl (C=O) groups excluding carboxylic acids is 2. The number of halogens is 1. The first-order chi connectivity index (χ1) is 19.4. The van der Waals surface area contributed by atoms with E-state index in [0.717, 1.165) is 5.69 Å². The van der Waals surface area contributed by atoms with Gasteiger partial charge in [-0.25, -0.2) is 9.18 Å². The van der Waals surface area contributed by atoms with Crippen LogP contribution in [0.25, 0.3) is 11.3 Å². The zero-order valence-corrected chi connectivity index (χ0v) is 24.1. The van der Waals surface area contributed by atoms with E-state index in [0.29, 0.717) is 53.3 Å². The number of hydrogen-bond donors (Lipinski definition) is 3. The molecule has 9 nitrogen and oxygen atoms in total. The van der Waals surface area contributed by atoms with Crippen molar-refractivity contribution in [2.24, 2.45) is 5.41 Å². The number of aromatic nitrogens is 2. The lowest BCUT2D eigenvalue weighted by atomic mass is 9.75. The maximum absolute atomic E-state index is 14.5. The molecule has 1 fully saturated rings. The summed E-state index contributed by atoms with van der Waals surface area (Å²) in [5.74, 6) is 5.78. The predicted octanol–water partition coefficient (Wildman–Crippen LogP) is 5.25. The fourth-order valence-corrected chi connectivity index (χ4v) is 5.20. The highest BCUT2D eigenvalue weighted by atomic mass is 19.1. The second kappa shape index (κ2) is 10.5. The summed E-state index contributed by atoms with van der Waals surface area (Å²) >= 11 is 0. The molecule has 0 aliphatic carbocycles. The summed E-state index contributed by atoms with van der Waals surface area (Å²) in [5, 5.41) is 6.13. The van der Waals surface area contributed by atoms with Crippen LogP contribution >= 0.6 is 0 Å². The molecule has 3 N–H and O–H groups in total. The summed E-state index contributed by atoms with van der Waals surface area (Å²) in [6, 6.07) is 6.01. The number of likely N-dealkylation sites (tertiary alicyclic amines) is 1. The largest absolute Gasteiger partial charge is 0.492 e. The smallest absolute Gasteiger partial charge is 0.411 e. The van der Waals surface area contributed by atoms with Gasteiger partial charge >= 0.3 is 6.09 Å². The van der Waals surface area contributed by atoms with Crippen LogP contribution in [0.15, 0.2) is 36.7 Å². The van der Waals surface area contributed by atoms with Crippen LogP contribution in [0.5, 0.6) is 5.75 Å². The van der Waals surface area contributed by atoms with Crippen molar-refractivity contribution in [2.45, 2.75) is 52.7 Å². The van der Waals surface area contributed by atoms with Gasteiger partial charge in [0.05, 0.1) is 35.3 Å². The Morgan fingerprint density at radius 1 is 1.27 bits per heavy atom. The van der Waals surface area contributed by atoms with Crippen LogP contribution in [0, 0.1) is 23.1 Å². The molecule has 1 unspecified atom stereocenters. The van der Waals surface area contributed by atoms with E-state index in [1.54, 1.807) is 29.4 Å². The summed E-state index contributed by atoms with van der Waals surface area (Å²) in [5.41, 5.74) is 3.14. The number of nitrogens with one attached hydrogen (secondary N) is 3. The Kier molecular flexibility index (Phi) is 7.15. The summed E-state index contributed by atoms with van der Waals surface area (Å²) in [7, 11) is 1.39. The number of benzene rings is 1. The van der Waals surface area contributed by atoms with Crippen molar-refractivity contribution in [3.05, 3.63) is 59.3 Å². The number of rotatable bonds is 4. The lowest BCUT2D eigenvalue weighted by molar-refractivity contribution is -0.0435. The molecule has 0 spiro atoms. The molecule has 3 aromatic rings. The molecule has 1 saturated heterocycles. The molecule has 2 amide bonds. The van der Waals surface area contributed by atoms with Crippen LogP contribution in [0.3, 0.4) is 0 Å². The topological polar surface area (TPSA) is 109 Å². The average Bonchev–Trinajstić information content (AvgIpc) is 3.26. The van der Waals surface area contributed by atoms with E-state index in [4.69, 9.17) is 9.47 Å². The molecule has 1 aromatic carbocycles. The molecule has 4 heterocycles.